The third-order valence-corrected chi connectivity index (χ3v) is 12.9. The number of carbonyl (C=O) groups excluding carboxylic acids is 7. The molecular weight excluding hydrogens is 987 g/mol. The minimum Gasteiger partial charge on any atom is -0.508 e. The molecule has 0 aliphatic carbocycles. The van der Waals surface area contributed by atoms with E-state index >= 15 is 0 Å². The van der Waals surface area contributed by atoms with Gasteiger partial charge in [-0.15, -0.1) is 0 Å². The summed E-state index contributed by atoms with van der Waals surface area (Å²) in [5.41, 5.74) is 18.3. The summed E-state index contributed by atoms with van der Waals surface area (Å²) >= 11 is 0. The number of imidazole rings is 1. The van der Waals surface area contributed by atoms with Gasteiger partial charge in [0.05, 0.1) is 18.8 Å². The number of amides is 7. The molecule has 0 radical (unpaired) electrons. The normalized spacial score (nSPS) is 16.4. The lowest BCUT2D eigenvalue weighted by molar-refractivity contribution is -0.147. The highest BCUT2D eigenvalue weighted by Gasteiger charge is 2.40. The number of phenolic OH excluding ortho intramolecular Hbond substituents is 1. The van der Waals surface area contributed by atoms with Crippen LogP contribution in [0.25, 0.3) is 0 Å². The Bertz CT molecular complexity index is 2470. The smallest absolute Gasteiger partial charge is 0.326 e. The molecule has 1 saturated heterocycles. The molecule has 414 valence electrons. The molecule has 7 amide bonds. The zero-order valence-corrected chi connectivity index (χ0v) is 43.2. The van der Waals surface area contributed by atoms with Crippen LogP contribution in [-0.4, -0.2) is 151 Å². The Morgan fingerprint density at radius 3 is 1.95 bits per heavy atom. The fraction of sp³-hybridized carbons (Fsp3) is 0.510. The Hall–Kier alpha value is -8.09. The number of carboxylic acids is 2. The highest BCUT2D eigenvalue weighted by Crippen LogP contribution is 2.21. The van der Waals surface area contributed by atoms with Crippen molar-refractivity contribution in [2.45, 2.75) is 140 Å². The Morgan fingerprint density at radius 1 is 0.737 bits per heavy atom. The number of piperidine rings is 1. The number of carboxylic acid groups (broad SMARTS) is 2. The summed E-state index contributed by atoms with van der Waals surface area (Å²) in [6, 6.07) is 3.96. The van der Waals surface area contributed by atoms with Gasteiger partial charge in [-0.2, -0.15) is 0 Å². The van der Waals surface area contributed by atoms with Gasteiger partial charge in [0.25, 0.3) is 0 Å². The summed E-state index contributed by atoms with van der Waals surface area (Å²) in [7, 11) is 0. The number of nitrogens with two attached hydrogens (primary N) is 3. The summed E-state index contributed by atoms with van der Waals surface area (Å²) in [6.07, 6.45) is 3.61. The molecule has 1 aliphatic heterocycles. The molecule has 0 unspecified atom stereocenters. The van der Waals surface area contributed by atoms with Crippen molar-refractivity contribution < 1.29 is 58.5 Å². The Kier molecular flexibility index (Phi) is 23.6. The van der Waals surface area contributed by atoms with E-state index < -0.39 is 120 Å². The molecule has 1 fully saturated rings. The van der Waals surface area contributed by atoms with Gasteiger partial charge in [-0.05, 0) is 67.2 Å². The lowest BCUT2D eigenvalue weighted by Crippen LogP contribution is -2.62. The summed E-state index contributed by atoms with van der Waals surface area (Å²) < 4.78 is 0. The van der Waals surface area contributed by atoms with Crippen molar-refractivity contribution in [3.8, 4) is 5.75 Å². The molecule has 16 N–H and O–H groups in total. The highest BCUT2D eigenvalue weighted by molar-refractivity contribution is 5.98. The number of likely N-dealkylation sites (tertiary alicyclic amines) is 1. The van der Waals surface area contributed by atoms with Crippen molar-refractivity contribution in [2.24, 2.45) is 34.0 Å². The molecule has 0 spiro atoms. The van der Waals surface area contributed by atoms with Crippen LogP contribution in [0.3, 0.4) is 0 Å². The molecule has 25 heteroatoms. The van der Waals surface area contributed by atoms with E-state index in [2.05, 4.69) is 46.9 Å². The minimum atomic E-state index is -1.51. The molecule has 2 aromatic carbocycles. The number of hydrogen-bond acceptors (Lipinski definition) is 13. The van der Waals surface area contributed by atoms with Crippen LogP contribution in [-0.2, 0) is 62.4 Å². The molecular formula is C51H73N13O12. The van der Waals surface area contributed by atoms with Gasteiger partial charge in [0, 0.05) is 44.2 Å². The van der Waals surface area contributed by atoms with Crippen LogP contribution in [0, 0.1) is 11.8 Å². The van der Waals surface area contributed by atoms with Gasteiger partial charge in [0.1, 0.15) is 48.0 Å². The number of nitrogens with zero attached hydrogens (tertiary/aromatic N) is 3. The molecule has 0 bridgehead atoms. The largest absolute Gasteiger partial charge is 0.508 e. The Balaban J connectivity index is 1.61. The summed E-state index contributed by atoms with van der Waals surface area (Å²) in [5, 5.41) is 45.3. The van der Waals surface area contributed by atoms with Crippen LogP contribution >= 0.6 is 0 Å². The van der Waals surface area contributed by atoms with Gasteiger partial charge in [-0.25, -0.2) is 9.78 Å². The first-order valence-corrected chi connectivity index (χ1v) is 25.3. The molecule has 1 aliphatic rings. The van der Waals surface area contributed by atoms with Crippen molar-refractivity contribution in [3.63, 3.8) is 0 Å². The quantitative estimate of drug-likeness (QED) is 0.0227. The van der Waals surface area contributed by atoms with Crippen molar-refractivity contribution in [1.29, 1.82) is 0 Å². The maximum absolute atomic E-state index is 14.7. The zero-order chi connectivity index (χ0) is 56.1. The van der Waals surface area contributed by atoms with Crippen LogP contribution < -0.4 is 49.1 Å². The molecule has 1 aromatic heterocycles. The molecule has 25 nitrogen and oxygen atoms in total. The Morgan fingerprint density at radius 2 is 1.34 bits per heavy atom. The first-order valence-electron chi connectivity index (χ1n) is 25.3. The van der Waals surface area contributed by atoms with Gasteiger partial charge in [-0.3, -0.25) is 43.3 Å². The maximum atomic E-state index is 14.7. The number of phenols is 1. The molecule has 3 aromatic rings. The molecule has 0 saturated carbocycles. The van der Waals surface area contributed by atoms with Gasteiger partial charge >= 0.3 is 11.9 Å². The first-order chi connectivity index (χ1) is 36.1. The zero-order valence-electron chi connectivity index (χ0n) is 43.2. The lowest BCUT2D eigenvalue weighted by Gasteiger charge is -2.38. The number of nitrogens with one attached hydrogen (secondary N) is 7. The lowest BCUT2D eigenvalue weighted by atomic mass is 9.95. The minimum absolute atomic E-state index is 0.00211. The van der Waals surface area contributed by atoms with Crippen LogP contribution in [0.1, 0.15) is 89.5 Å². The van der Waals surface area contributed by atoms with E-state index in [4.69, 9.17) is 17.2 Å². The number of carbonyl (C=O) groups is 9. The van der Waals surface area contributed by atoms with Crippen LogP contribution in [0.5, 0.6) is 5.75 Å². The number of hydrogen-bond donors (Lipinski definition) is 13. The van der Waals surface area contributed by atoms with E-state index in [0.29, 0.717) is 36.1 Å². The monoisotopic (exact) mass is 1060 g/mol. The van der Waals surface area contributed by atoms with Crippen molar-refractivity contribution >= 4 is 59.2 Å². The van der Waals surface area contributed by atoms with Crippen molar-refractivity contribution in [3.05, 3.63) is 83.9 Å². The van der Waals surface area contributed by atoms with E-state index in [1.807, 2.05) is 0 Å². The van der Waals surface area contributed by atoms with E-state index in [-0.39, 0.29) is 63.3 Å². The summed E-state index contributed by atoms with van der Waals surface area (Å²) in [4.78, 5) is 135. The molecule has 76 heavy (non-hydrogen) atoms. The van der Waals surface area contributed by atoms with E-state index in [9.17, 15) is 58.5 Å². The van der Waals surface area contributed by atoms with Gasteiger partial charge < -0.3 is 74.3 Å². The van der Waals surface area contributed by atoms with E-state index in [1.165, 1.54) is 41.7 Å². The number of aromatic nitrogens is 2. The van der Waals surface area contributed by atoms with Gasteiger partial charge in [-0.1, -0.05) is 76.6 Å². The Labute approximate surface area is 440 Å². The van der Waals surface area contributed by atoms with Crippen LogP contribution in [0.4, 0.5) is 0 Å². The maximum Gasteiger partial charge on any atom is 0.326 e. The van der Waals surface area contributed by atoms with Crippen LogP contribution in [0.2, 0.25) is 0 Å². The summed E-state index contributed by atoms with van der Waals surface area (Å²) in [6.45, 7) is 6.92. The van der Waals surface area contributed by atoms with Gasteiger partial charge in [0.15, 0.2) is 5.96 Å². The fourth-order valence-corrected chi connectivity index (χ4v) is 8.48. The van der Waals surface area contributed by atoms with E-state index in [0.717, 1.165) is 0 Å². The third-order valence-electron chi connectivity index (χ3n) is 12.9. The number of aromatic amines is 1. The van der Waals surface area contributed by atoms with Crippen LogP contribution in [0.15, 0.2) is 72.1 Å². The number of benzene rings is 2. The second-order valence-electron chi connectivity index (χ2n) is 19.2. The number of rotatable bonds is 29. The van der Waals surface area contributed by atoms with Crippen molar-refractivity contribution in [2.75, 3.05) is 13.1 Å². The molecule has 4 rings (SSSR count). The summed E-state index contributed by atoms with van der Waals surface area (Å²) in [5.74, 6) is -9.62. The second kappa shape index (κ2) is 29.7. The highest BCUT2D eigenvalue weighted by atomic mass is 16.4. The topological polar surface area (TPSA) is 409 Å². The standard InChI is InChI=1S/C51H73N13O12/c1-5-29(4)42(48(73)60-37(24-32-26-55-27-57-32)49(74)64-21-10-9-15-39(64)46(71)61-38(50(75)76)23-30-12-7-6-8-13-30)63-45(70)36(22-31-16-18-33(65)19-17-31)59-47(72)41(28(2)3)62-44(69)35(14-11-20-56-51(53)54)58-43(68)34(52)25-40(66)67/h6-8,12-13,16-19,26-29,34-39,41-42,65H,5,9-11,14-15,20-25,52H2,1-4H3,(H,55,57)(H,58,68)(H,59,72)(H,60,73)(H,61,71)(H,62,69)(H,63,70)(H,66,67)(H,75,76)(H4,53,54,56)/t29-,34-,35-,36-,37-,38-,39+,41-,42-/m0/s1. The average Bonchev–Trinajstić information content (AvgIpc) is 3.90. The second-order valence-corrected chi connectivity index (χ2v) is 19.2. The first kappa shape index (κ1) is 60.5. The predicted molar refractivity (Wildman–Crippen MR) is 277 cm³/mol. The van der Waals surface area contributed by atoms with Crippen molar-refractivity contribution in [1.82, 2.24) is 46.8 Å². The predicted octanol–water partition coefficient (Wildman–Crippen LogP) is -0.925. The number of aromatic hydroxyl groups is 1. The number of guanidine groups is 1. The van der Waals surface area contributed by atoms with Gasteiger partial charge in [0.2, 0.25) is 41.4 Å². The molecule has 9 atom stereocenters. The number of aliphatic carboxylic acids is 2. The fourth-order valence-electron chi connectivity index (χ4n) is 8.48. The van der Waals surface area contributed by atoms with E-state index in [1.54, 1.807) is 58.0 Å². The number of aliphatic imine (C=N–C) groups is 1. The average molecular weight is 1060 g/mol. The molecule has 2 heterocycles. The third kappa shape index (κ3) is 19.0. The number of H-pyrrole nitrogens is 1. The SMILES string of the molecule is CC[C@H](C)[C@H](NC(=O)[C@H](Cc1ccc(O)cc1)NC(=O)[C@@H](NC(=O)[C@H](CCCN=C(N)N)NC(=O)[C@@H](N)CC(=O)O)C(C)C)C(=O)N[C@@H](Cc1cnc[nH]1)C(=O)N1CCCC[C@@H]1C(=O)N[C@@H](Cc1ccccc1)C(=O)O.